The second-order valence-electron chi connectivity index (χ2n) is 4.63. The fourth-order valence-corrected chi connectivity index (χ4v) is 2.82. The van der Waals surface area contributed by atoms with Crippen molar-refractivity contribution in [1.29, 1.82) is 0 Å². The molecule has 0 aliphatic carbocycles. The number of aromatic nitrogens is 3. The number of halogens is 3. The van der Waals surface area contributed by atoms with E-state index in [1.807, 2.05) is 6.92 Å². The molecule has 2 rings (SSSR count). The van der Waals surface area contributed by atoms with Crippen LogP contribution in [0.4, 0.5) is 19.1 Å². The highest BCUT2D eigenvalue weighted by molar-refractivity contribution is 7.99. The number of thioether (sulfide) groups is 1. The molecule has 0 N–H and O–H groups in total. The summed E-state index contributed by atoms with van der Waals surface area (Å²) in [6.45, 7) is 3.80. The Morgan fingerprint density at radius 1 is 1.27 bits per heavy atom. The van der Waals surface area contributed by atoms with Gasteiger partial charge in [0, 0.05) is 25.4 Å². The molecule has 2 heterocycles. The first-order chi connectivity index (χ1) is 10.5. The molecular formula is C12H19F3N4O2S. The molecule has 0 spiro atoms. The molecule has 0 unspecified atom stereocenters. The van der Waals surface area contributed by atoms with Gasteiger partial charge in [-0.2, -0.15) is 13.2 Å². The monoisotopic (exact) mass is 340 g/mol. The Balaban J connectivity index is 2.12. The average Bonchev–Trinajstić information content (AvgIpc) is 2.85. The minimum absolute atomic E-state index is 0.250. The van der Waals surface area contributed by atoms with E-state index in [1.165, 1.54) is 11.8 Å². The lowest BCUT2D eigenvalue weighted by Crippen LogP contribution is -2.38. The molecule has 22 heavy (non-hydrogen) atoms. The Morgan fingerprint density at radius 3 is 2.64 bits per heavy atom. The number of rotatable bonds is 7. The summed E-state index contributed by atoms with van der Waals surface area (Å²) in [4.78, 5) is 1.77. The van der Waals surface area contributed by atoms with Crippen LogP contribution >= 0.6 is 11.8 Å². The van der Waals surface area contributed by atoms with E-state index in [-0.39, 0.29) is 11.1 Å². The van der Waals surface area contributed by atoms with Crippen LogP contribution in [0.3, 0.4) is 0 Å². The number of morpholine rings is 1. The Morgan fingerprint density at radius 2 is 2.00 bits per heavy atom. The third-order valence-electron chi connectivity index (χ3n) is 2.99. The number of hydrogen-bond acceptors (Lipinski definition) is 6. The Kier molecular flexibility index (Phi) is 6.33. The maximum atomic E-state index is 12.8. The summed E-state index contributed by atoms with van der Waals surface area (Å²) in [6.07, 6.45) is -4.32. The topological polar surface area (TPSA) is 52.4 Å². The normalized spacial score (nSPS) is 16.3. The predicted octanol–water partition coefficient (Wildman–Crippen LogP) is 1.81. The van der Waals surface area contributed by atoms with Crippen molar-refractivity contribution in [2.45, 2.75) is 24.8 Å². The standard InChI is InChI=1S/C12H19F3N4O2S/c1-2-20-7-8-22-11-17-16-10(18-3-5-21-6-4-18)19(11)9-12(13,14)15/h2-9H2,1H3. The molecule has 1 saturated heterocycles. The predicted molar refractivity (Wildman–Crippen MR) is 76.3 cm³/mol. The molecule has 1 fully saturated rings. The van der Waals surface area contributed by atoms with Gasteiger partial charge in [-0.1, -0.05) is 11.8 Å². The van der Waals surface area contributed by atoms with E-state index in [2.05, 4.69) is 10.2 Å². The zero-order valence-corrected chi connectivity index (χ0v) is 13.1. The fraction of sp³-hybridized carbons (Fsp3) is 0.833. The summed E-state index contributed by atoms with van der Waals surface area (Å²) >= 11 is 1.22. The third kappa shape index (κ3) is 5.03. The van der Waals surface area contributed by atoms with Crippen LogP contribution in [0.25, 0.3) is 0 Å². The van der Waals surface area contributed by atoms with Gasteiger partial charge in [-0.05, 0) is 6.92 Å². The van der Waals surface area contributed by atoms with E-state index < -0.39 is 12.7 Å². The van der Waals surface area contributed by atoms with Gasteiger partial charge in [-0.25, -0.2) is 0 Å². The van der Waals surface area contributed by atoms with Crippen molar-refractivity contribution in [3.63, 3.8) is 0 Å². The lowest BCUT2D eigenvalue weighted by Gasteiger charge is -2.28. The van der Waals surface area contributed by atoms with Crippen molar-refractivity contribution in [3.05, 3.63) is 0 Å². The van der Waals surface area contributed by atoms with Gasteiger partial charge in [0.2, 0.25) is 5.95 Å². The molecule has 0 amide bonds. The Labute approximate surface area is 131 Å². The molecule has 10 heteroatoms. The van der Waals surface area contributed by atoms with Crippen LogP contribution in [0.1, 0.15) is 6.92 Å². The molecule has 1 aliphatic heterocycles. The lowest BCUT2D eigenvalue weighted by molar-refractivity contribution is -0.141. The van der Waals surface area contributed by atoms with Crippen molar-refractivity contribution in [2.75, 3.05) is 50.2 Å². The molecule has 0 atom stereocenters. The van der Waals surface area contributed by atoms with Crippen LogP contribution in [-0.2, 0) is 16.0 Å². The van der Waals surface area contributed by atoms with Crippen LogP contribution in [0, 0.1) is 0 Å². The van der Waals surface area contributed by atoms with Crippen LogP contribution in [-0.4, -0.2) is 66.2 Å². The first kappa shape index (κ1) is 17.4. The SMILES string of the molecule is CCOCCSc1nnc(N2CCOCC2)n1CC(F)(F)F. The van der Waals surface area contributed by atoms with E-state index in [1.54, 1.807) is 4.90 Å². The number of nitrogens with zero attached hydrogens (tertiary/aromatic N) is 4. The number of hydrogen-bond donors (Lipinski definition) is 0. The van der Waals surface area contributed by atoms with Crippen LogP contribution in [0.2, 0.25) is 0 Å². The van der Waals surface area contributed by atoms with Crippen LogP contribution in [0.15, 0.2) is 5.16 Å². The van der Waals surface area contributed by atoms with E-state index in [9.17, 15) is 13.2 Å². The van der Waals surface area contributed by atoms with E-state index in [4.69, 9.17) is 9.47 Å². The molecular weight excluding hydrogens is 321 g/mol. The minimum atomic E-state index is -4.32. The molecule has 0 aromatic carbocycles. The van der Waals surface area contributed by atoms with E-state index in [0.717, 1.165) is 4.57 Å². The van der Waals surface area contributed by atoms with Gasteiger partial charge in [-0.15, -0.1) is 10.2 Å². The van der Waals surface area contributed by atoms with Crippen molar-refractivity contribution < 1.29 is 22.6 Å². The van der Waals surface area contributed by atoms with Crippen molar-refractivity contribution in [1.82, 2.24) is 14.8 Å². The van der Waals surface area contributed by atoms with Crippen LogP contribution < -0.4 is 4.90 Å². The fourth-order valence-electron chi connectivity index (χ4n) is 2.04. The highest BCUT2D eigenvalue weighted by atomic mass is 32.2. The molecule has 126 valence electrons. The molecule has 0 saturated carbocycles. The molecule has 6 nitrogen and oxygen atoms in total. The highest BCUT2D eigenvalue weighted by Gasteiger charge is 2.32. The maximum Gasteiger partial charge on any atom is 0.406 e. The summed E-state index contributed by atoms with van der Waals surface area (Å²) in [5.74, 6) is 0.784. The Bertz CT molecular complexity index is 464. The highest BCUT2D eigenvalue weighted by Crippen LogP contribution is 2.27. The van der Waals surface area contributed by atoms with Crippen molar-refractivity contribution in [3.8, 4) is 0 Å². The number of alkyl halides is 3. The smallest absolute Gasteiger partial charge is 0.381 e. The van der Waals surface area contributed by atoms with Crippen molar-refractivity contribution in [2.24, 2.45) is 0 Å². The van der Waals surface area contributed by atoms with Gasteiger partial charge in [0.25, 0.3) is 0 Å². The summed E-state index contributed by atoms with van der Waals surface area (Å²) in [6, 6.07) is 0. The first-order valence-corrected chi connectivity index (χ1v) is 8.03. The first-order valence-electron chi connectivity index (χ1n) is 7.04. The zero-order chi connectivity index (χ0) is 16.0. The van der Waals surface area contributed by atoms with E-state index in [0.29, 0.717) is 45.3 Å². The average molecular weight is 340 g/mol. The third-order valence-corrected chi connectivity index (χ3v) is 3.92. The summed E-state index contributed by atoms with van der Waals surface area (Å²) in [5, 5.41) is 8.12. The van der Waals surface area contributed by atoms with Gasteiger partial charge in [0.05, 0.1) is 19.8 Å². The molecule has 1 aromatic heterocycles. The second-order valence-corrected chi connectivity index (χ2v) is 5.69. The van der Waals surface area contributed by atoms with Gasteiger partial charge >= 0.3 is 6.18 Å². The molecule has 1 aromatic rings. The number of anilines is 1. The maximum absolute atomic E-state index is 12.8. The summed E-state index contributed by atoms with van der Waals surface area (Å²) in [7, 11) is 0. The van der Waals surface area contributed by atoms with E-state index >= 15 is 0 Å². The lowest BCUT2D eigenvalue weighted by atomic mass is 10.4. The van der Waals surface area contributed by atoms with Gasteiger partial charge in [-0.3, -0.25) is 4.57 Å². The molecule has 0 bridgehead atoms. The second kappa shape index (κ2) is 8.02. The molecule has 1 aliphatic rings. The number of ether oxygens (including phenoxy) is 2. The summed E-state index contributed by atoms with van der Waals surface area (Å²) in [5.41, 5.74) is 0. The summed E-state index contributed by atoms with van der Waals surface area (Å²) < 4.78 is 50.0. The van der Waals surface area contributed by atoms with Crippen LogP contribution in [0.5, 0.6) is 0 Å². The van der Waals surface area contributed by atoms with Gasteiger partial charge < -0.3 is 14.4 Å². The van der Waals surface area contributed by atoms with Gasteiger partial charge in [0.15, 0.2) is 5.16 Å². The van der Waals surface area contributed by atoms with Gasteiger partial charge in [0.1, 0.15) is 6.54 Å². The quantitative estimate of drug-likeness (QED) is 0.557. The largest absolute Gasteiger partial charge is 0.406 e. The minimum Gasteiger partial charge on any atom is -0.381 e. The zero-order valence-electron chi connectivity index (χ0n) is 12.3. The molecule has 0 radical (unpaired) electrons. The van der Waals surface area contributed by atoms with Crippen molar-refractivity contribution >= 4 is 17.7 Å². The Hall–Kier alpha value is -1.00.